The molecule has 23 heavy (non-hydrogen) atoms. The Hall–Kier alpha value is -3.02. The summed E-state index contributed by atoms with van der Waals surface area (Å²) in [4.78, 5) is 15.7. The maximum Gasteiger partial charge on any atom is 0.336 e. The van der Waals surface area contributed by atoms with Crippen molar-refractivity contribution in [1.29, 1.82) is 0 Å². The minimum atomic E-state index is -1.07. The van der Waals surface area contributed by atoms with E-state index in [1.807, 2.05) is 19.9 Å². The highest BCUT2D eigenvalue weighted by molar-refractivity contribution is 6.03. The zero-order chi connectivity index (χ0) is 16.6. The standard InChI is InChI=1S/C17H14FN3O2/c1-9-13(10(2)21-20-9)6-4-12-8-15(17(22)23)14-5-3-11(18)7-16(14)19-12/h3-8H,1-2H3,(H,20,21)(H,22,23). The van der Waals surface area contributed by atoms with Crippen molar-refractivity contribution in [2.75, 3.05) is 0 Å². The van der Waals surface area contributed by atoms with Gasteiger partial charge in [-0.3, -0.25) is 5.10 Å². The fourth-order valence-corrected chi connectivity index (χ4v) is 2.46. The first kappa shape index (κ1) is 14.9. The summed E-state index contributed by atoms with van der Waals surface area (Å²) in [7, 11) is 0. The number of benzene rings is 1. The molecular weight excluding hydrogens is 297 g/mol. The van der Waals surface area contributed by atoms with Gasteiger partial charge in [0.25, 0.3) is 0 Å². The Labute approximate surface area is 131 Å². The number of pyridine rings is 1. The number of hydrogen-bond donors (Lipinski definition) is 2. The van der Waals surface area contributed by atoms with E-state index in [0.29, 0.717) is 16.6 Å². The molecule has 3 aromatic rings. The minimum absolute atomic E-state index is 0.0929. The summed E-state index contributed by atoms with van der Waals surface area (Å²) in [6.07, 6.45) is 3.51. The van der Waals surface area contributed by atoms with Crippen LogP contribution in [-0.4, -0.2) is 26.3 Å². The molecule has 0 aliphatic carbocycles. The van der Waals surface area contributed by atoms with Gasteiger partial charge in [-0.05, 0) is 44.2 Å². The molecule has 2 heterocycles. The van der Waals surface area contributed by atoms with E-state index in [2.05, 4.69) is 15.2 Å². The van der Waals surface area contributed by atoms with Crippen molar-refractivity contribution in [3.63, 3.8) is 0 Å². The molecule has 6 heteroatoms. The zero-order valence-corrected chi connectivity index (χ0v) is 12.6. The van der Waals surface area contributed by atoms with Crippen molar-refractivity contribution < 1.29 is 14.3 Å². The number of nitrogens with one attached hydrogen (secondary N) is 1. The first-order valence-electron chi connectivity index (χ1n) is 6.99. The number of aryl methyl sites for hydroxylation is 2. The predicted octanol–water partition coefficient (Wildman–Crippen LogP) is 3.58. The molecular formula is C17H14FN3O2. The number of H-pyrrole nitrogens is 1. The lowest BCUT2D eigenvalue weighted by atomic mass is 10.1. The summed E-state index contributed by atoms with van der Waals surface area (Å²) < 4.78 is 13.4. The summed E-state index contributed by atoms with van der Waals surface area (Å²) in [5.74, 6) is -1.53. The Kier molecular flexibility index (Phi) is 3.65. The average Bonchev–Trinajstić information content (AvgIpc) is 2.82. The van der Waals surface area contributed by atoms with Crippen LogP contribution in [0.5, 0.6) is 0 Å². The van der Waals surface area contributed by atoms with Gasteiger partial charge in [0.2, 0.25) is 0 Å². The molecule has 2 aromatic heterocycles. The molecule has 0 atom stereocenters. The van der Waals surface area contributed by atoms with Crippen LogP contribution >= 0.6 is 0 Å². The van der Waals surface area contributed by atoms with Crippen molar-refractivity contribution in [2.24, 2.45) is 0 Å². The smallest absolute Gasteiger partial charge is 0.336 e. The molecule has 0 saturated heterocycles. The zero-order valence-electron chi connectivity index (χ0n) is 12.6. The van der Waals surface area contributed by atoms with Gasteiger partial charge in [-0.25, -0.2) is 14.2 Å². The monoisotopic (exact) mass is 311 g/mol. The second-order valence-electron chi connectivity index (χ2n) is 5.24. The van der Waals surface area contributed by atoms with Crippen LogP contribution in [0.4, 0.5) is 4.39 Å². The first-order valence-corrected chi connectivity index (χ1v) is 6.99. The molecule has 1 aromatic carbocycles. The molecule has 0 bridgehead atoms. The third kappa shape index (κ3) is 2.83. The molecule has 0 aliphatic heterocycles. The molecule has 2 N–H and O–H groups in total. The molecule has 116 valence electrons. The van der Waals surface area contributed by atoms with E-state index in [1.165, 1.54) is 24.3 Å². The fourth-order valence-electron chi connectivity index (χ4n) is 2.46. The summed E-state index contributed by atoms with van der Waals surface area (Å²) in [5.41, 5.74) is 3.51. The molecule has 0 unspecified atom stereocenters. The SMILES string of the molecule is Cc1n[nH]c(C)c1C=Cc1cc(C(=O)O)c2ccc(F)cc2n1. The van der Waals surface area contributed by atoms with Crippen LogP contribution in [0, 0.1) is 19.7 Å². The van der Waals surface area contributed by atoms with Crippen LogP contribution in [0.3, 0.4) is 0 Å². The van der Waals surface area contributed by atoms with Gasteiger partial charge in [-0.2, -0.15) is 5.10 Å². The average molecular weight is 311 g/mol. The molecule has 0 saturated carbocycles. The molecule has 5 nitrogen and oxygen atoms in total. The largest absolute Gasteiger partial charge is 0.478 e. The lowest BCUT2D eigenvalue weighted by molar-refractivity contribution is 0.0699. The van der Waals surface area contributed by atoms with E-state index in [9.17, 15) is 14.3 Å². The van der Waals surface area contributed by atoms with E-state index in [1.54, 1.807) is 6.08 Å². The molecule has 3 rings (SSSR count). The number of aromatic carboxylic acids is 1. The number of fused-ring (bicyclic) bond motifs is 1. The number of carboxylic acid groups (broad SMARTS) is 1. The van der Waals surface area contributed by atoms with E-state index < -0.39 is 11.8 Å². The molecule has 0 aliphatic rings. The van der Waals surface area contributed by atoms with Gasteiger partial charge in [0.1, 0.15) is 5.82 Å². The number of nitrogens with zero attached hydrogens (tertiary/aromatic N) is 2. The van der Waals surface area contributed by atoms with E-state index >= 15 is 0 Å². The third-order valence-electron chi connectivity index (χ3n) is 3.63. The highest BCUT2D eigenvalue weighted by Gasteiger charge is 2.12. The van der Waals surface area contributed by atoms with Crippen molar-refractivity contribution in [1.82, 2.24) is 15.2 Å². The summed E-state index contributed by atoms with van der Waals surface area (Å²) in [6.45, 7) is 3.76. The van der Waals surface area contributed by atoms with Gasteiger partial charge < -0.3 is 5.11 Å². The Morgan fingerprint density at radius 1 is 1.26 bits per heavy atom. The van der Waals surface area contributed by atoms with Crippen molar-refractivity contribution in [3.05, 3.63) is 58.3 Å². The van der Waals surface area contributed by atoms with Gasteiger partial charge >= 0.3 is 5.97 Å². The summed E-state index contributed by atoms with van der Waals surface area (Å²) in [5, 5.41) is 16.7. The minimum Gasteiger partial charge on any atom is -0.478 e. The number of hydrogen-bond acceptors (Lipinski definition) is 3. The van der Waals surface area contributed by atoms with Crippen LogP contribution in [-0.2, 0) is 0 Å². The predicted molar refractivity (Wildman–Crippen MR) is 85.7 cm³/mol. The molecule has 0 fully saturated rings. The topological polar surface area (TPSA) is 78.9 Å². The van der Waals surface area contributed by atoms with E-state index in [-0.39, 0.29) is 5.56 Å². The number of aromatic amines is 1. The van der Waals surface area contributed by atoms with Crippen molar-refractivity contribution in [3.8, 4) is 0 Å². The Morgan fingerprint density at radius 3 is 2.70 bits per heavy atom. The van der Waals surface area contributed by atoms with Crippen molar-refractivity contribution >= 4 is 29.0 Å². The van der Waals surface area contributed by atoms with Gasteiger partial charge in [-0.1, -0.05) is 0 Å². The number of carboxylic acids is 1. The van der Waals surface area contributed by atoms with Gasteiger partial charge in [-0.15, -0.1) is 0 Å². The molecule has 0 amide bonds. The first-order chi connectivity index (χ1) is 11.0. The maximum absolute atomic E-state index is 13.4. The van der Waals surface area contributed by atoms with Gasteiger partial charge in [0.05, 0.1) is 22.5 Å². The van der Waals surface area contributed by atoms with Gasteiger partial charge in [0.15, 0.2) is 0 Å². The summed E-state index contributed by atoms with van der Waals surface area (Å²) in [6, 6.07) is 5.36. The lowest BCUT2D eigenvalue weighted by Gasteiger charge is -2.04. The second-order valence-corrected chi connectivity index (χ2v) is 5.24. The second kappa shape index (κ2) is 5.64. The third-order valence-corrected chi connectivity index (χ3v) is 3.63. The number of rotatable bonds is 3. The fraction of sp³-hybridized carbons (Fsp3) is 0.118. The summed E-state index contributed by atoms with van der Waals surface area (Å²) >= 11 is 0. The molecule has 0 radical (unpaired) electrons. The Morgan fingerprint density at radius 2 is 2.04 bits per heavy atom. The van der Waals surface area contributed by atoms with Crippen LogP contribution in [0.15, 0.2) is 24.3 Å². The Balaban J connectivity index is 2.13. The van der Waals surface area contributed by atoms with E-state index in [4.69, 9.17) is 0 Å². The quantitative estimate of drug-likeness (QED) is 0.775. The van der Waals surface area contributed by atoms with Crippen LogP contribution in [0.2, 0.25) is 0 Å². The van der Waals surface area contributed by atoms with Crippen LogP contribution in [0.1, 0.15) is 33.0 Å². The number of aromatic nitrogens is 3. The van der Waals surface area contributed by atoms with Gasteiger partial charge in [0, 0.05) is 22.7 Å². The maximum atomic E-state index is 13.4. The highest BCUT2D eigenvalue weighted by Crippen LogP contribution is 2.21. The lowest BCUT2D eigenvalue weighted by Crippen LogP contribution is -2.00. The number of halogens is 1. The van der Waals surface area contributed by atoms with Crippen LogP contribution in [0.25, 0.3) is 23.1 Å². The highest BCUT2D eigenvalue weighted by atomic mass is 19.1. The van der Waals surface area contributed by atoms with Crippen LogP contribution < -0.4 is 0 Å². The normalized spacial score (nSPS) is 11.4. The number of carbonyl (C=O) groups is 1. The Bertz CT molecular complexity index is 925. The molecule has 0 spiro atoms. The van der Waals surface area contributed by atoms with Crippen molar-refractivity contribution in [2.45, 2.75) is 13.8 Å². The van der Waals surface area contributed by atoms with E-state index in [0.717, 1.165) is 17.0 Å².